The predicted octanol–water partition coefficient (Wildman–Crippen LogP) is 6.54. The molecule has 0 unspecified atom stereocenters. The van der Waals surface area contributed by atoms with Gasteiger partial charge in [0.05, 0.1) is 26.3 Å². The zero-order chi connectivity index (χ0) is 31.5. The zero-order valence-corrected chi connectivity index (χ0v) is 24.2. The van der Waals surface area contributed by atoms with Gasteiger partial charge < -0.3 is 24.1 Å². The highest BCUT2D eigenvalue weighted by atomic mass is 19.3. The van der Waals surface area contributed by atoms with E-state index in [0.29, 0.717) is 45.1 Å². The standard InChI is InChI=1S/C32H27F3N4O5/c1-17-13-19(33)5-10-22(17)28-18(2)39(16-27(34)35)15-23(30(28)40)31(41)37-20-6-8-21(9-7-20)44-25-11-12-36-24-14-26(42-3)32(43-4)38-29(24)25/h5-15,27H,16H2,1-4H3,(H,37,41). The van der Waals surface area contributed by atoms with Crippen molar-refractivity contribution in [2.24, 2.45) is 0 Å². The molecule has 0 atom stereocenters. The van der Waals surface area contributed by atoms with Crippen LogP contribution in [0, 0.1) is 19.7 Å². The van der Waals surface area contributed by atoms with Crippen LogP contribution in [-0.2, 0) is 6.54 Å². The molecule has 5 rings (SSSR count). The van der Waals surface area contributed by atoms with Crippen molar-refractivity contribution in [1.82, 2.24) is 14.5 Å². The lowest BCUT2D eigenvalue weighted by atomic mass is 9.97. The lowest BCUT2D eigenvalue weighted by Crippen LogP contribution is -2.27. The molecule has 0 saturated heterocycles. The Hall–Kier alpha value is -5.39. The van der Waals surface area contributed by atoms with E-state index in [-0.39, 0.29) is 22.7 Å². The van der Waals surface area contributed by atoms with E-state index >= 15 is 0 Å². The number of rotatable bonds is 9. The van der Waals surface area contributed by atoms with Gasteiger partial charge in [-0.15, -0.1) is 0 Å². The Kier molecular flexibility index (Phi) is 8.52. The molecular weight excluding hydrogens is 577 g/mol. The average Bonchev–Trinajstić information content (AvgIpc) is 2.99. The van der Waals surface area contributed by atoms with Crippen LogP contribution in [0.25, 0.3) is 22.2 Å². The topological polar surface area (TPSA) is 105 Å². The van der Waals surface area contributed by atoms with Gasteiger partial charge in [0.1, 0.15) is 22.6 Å². The minimum Gasteiger partial charge on any atom is -0.491 e. The number of carbonyl (C=O) groups excluding carboxylic acids is 1. The lowest BCUT2D eigenvalue weighted by Gasteiger charge is -2.18. The van der Waals surface area contributed by atoms with Gasteiger partial charge in [0.25, 0.3) is 18.2 Å². The molecule has 0 radical (unpaired) electrons. The van der Waals surface area contributed by atoms with Crippen LogP contribution in [0.3, 0.4) is 0 Å². The van der Waals surface area contributed by atoms with Crippen LogP contribution in [0.15, 0.2) is 71.8 Å². The van der Waals surface area contributed by atoms with E-state index in [1.54, 1.807) is 49.5 Å². The second kappa shape index (κ2) is 12.5. The molecule has 2 aromatic carbocycles. The number of fused-ring (bicyclic) bond motifs is 1. The Morgan fingerprint density at radius 3 is 2.41 bits per heavy atom. The molecule has 0 aliphatic heterocycles. The number of nitrogens with zero attached hydrogens (tertiary/aromatic N) is 3. The number of alkyl halides is 2. The Bertz CT molecular complexity index is 1930. The third-order valence-corrected chi connectivity index (χ3v) is 6.95. The summed E-state index contributed by atoms with van der Waals surface area (Å²) >= 11 is 0. The summed E-state index contributed by atoms with van der Waals surface area (Å²) in [5.41, 5.74) is 1.34. The van der Waals surface area contributed by atoms with Crippen LogP contribution >= 0.6 is 0 Å². The minimum atomic E-state index is -2.74. The number of carbonyl (C=O) groups is 1. The van der Waals surface area contributed by atoms with Crippen molar-refractivity contribution >= 4 is 22.6 Å². The van der Waals surface area contributed by atoms with Crippen LogP contribution in [0.1, 0.15) is 21.6 Å². The van der Waals surface area contributed by atoms with Crippen molar-refractivity contribution in [3.63, 3.8) is 0 Å². The van der Waals surface area contributed by atoms with E-state index < -0.39 is 30.1 Å². The Morgan fingerprint density at radius 2 is 1.75 bits per heavy atom. The lowest BCUT2D eigenvalue weighted by molar-refractivity contribution is 0.102. The molecule has 0 aliphatic rings. The van der Waals surface area contributed by atoms with Crippen LogP contribution in [0.5, 0.6) is 23.1 Å². The molecule has 1 N–H and O–H groups in total. The third-order valence-electron chi connectivity index (χ3n) is 6.95. The summed E-state index contributed by atoms with van der Waals surface area (Å²) in [5.74, 6) is 0.187. The number of pyridine rings is 3. The summed E-state index contributed by atoms with van der Waals surface area (Å²) in [6, 6.07) is 13.4. The van der Waals surface area contributed by atoms with Gasteiger partial charge in [-0.3, -0.25) is 14.6 Å². The fourth-order valence-corrected chi connectivity index (χ4v) is 4.80. The molecule has 226 valence electrons. The highest BCUT2D eigenvalue weighted by Crippen LogP contribution is 2.34. The Balaban J connectivity index is 1.43. The highest BCUT2D eigenvalue weighted by molar-refractivity contribution is 6.04. The van der Waals surface area contributed by atoms with Crippen molar-refractivity contribution in [2.75, 3.05) is 19.5 Å². The first-order valence-corrected chi connectivity index (χ1v) is 13.3. The van der Waals surface area contributed by atoms with E-state index in [2.05, 4.69) is 15.3 Å². The summed E-state index contributed by atoms with van der Waals surface area (Å²) in [6.45, 7) is 2.38. The summed E-state index contributed by atoms with van der Waals surface area (Å²) in [6.07, 6.45) is -0.0639. The van der Waals surface area contributed by atoms with Gasteiger partial charge in [0, 0.05) is 41.5 Å². The van der Waals surface area contributed by atoms with Gasteiger partial charge in [0.15, 0.2) is 11.5 Å². The van der Waals surface area contributed by atoms with Gasteiger partial charge in [-0.1, -0.05) is 6.07 Å². The van der Waals surface area contributed by atoms with E-state index in [1.165, 1.54) is 39.3 Å². The third kappa shape index (κ3) is 6.05. The van der Waals surface area contributed by atoms with Crippen molar-refractivity contribution in [3.8, 4) is 34.3 Å². The summed E-state index contributed by atoms with van der Waals surface area (Å²) in [7, 11) is 2.96. The number of benzene rings is 2. The van der Waals surface area contributed by atoms with Crippen molar-refractivity contribution in [3.05, 3.63) is 99.9 Å². The highest BCUT2D eigenvalue weighted by Gasteiger charge is 2.22. The van der Waals surface area contributed by atoms with E-state index in [4.69, 9.17) is 14.2 Å². The molecule has 0 saturated carbocycles. The molecule has 3 aromatic heterocycles. The Labute approximate surface area is 249 Å². The quantitative estimate of drug-likeness (QED) is 0.204. The largest absolute Gasteiger partial charge is 0.491 e. The van der Waals surface area contributed by atoms with Crippen LogP contribution < -0.4 is 25.0 Å². The van der Waals surface area contributed by atoms with Gasteiger partial charge in [-0.05, 0) is 61.4 Å². The number of hydrogen-bond donors (Lipinski definition) is 1. The molecule has 5 aromatic rings. The molecule has 0 spiro atoms. The first kappa shape index (κ1) is 30.1. The van der Waals surface area contributed by atoms with Gasteiger partial charge in [-0.2, -0.15) is 0 Å². The molecular formula is C32H27F3N4O5. The van der Waals surface area contributed by atoms with Crippen molar-refractivity contribution in [2.45, 2.75) is 26.8 Å². The molecule has 12 heteroatoms. The number of anilines is 1. The van der Waals surface area contributed by atoms with E-state index in [1.807, 2.05) is 0 Å². The second-order valence-corrected chi connectivity index (χ2v) is 9.79. The second-order valence-electron chi connectivity index (χ2n) is 9.79. The summed E-state index contributed by atoms with van der Waals surface area (Å²) in [5, 5.41) is 2.64. The number of amides is 1. The maximum absolute atomic E-state index is 13.8. The van der Waals surface area contributed by atoms with Crippen molar-refractivity contribution < 1.29 is 32.2 Å². The number of ether oxygens (including phenoxy) is 3. The normalized spacial score (nSPS) is 11.1. The monoisotopic (exact) mass is 604 g/mol. The SMILES string of the molecule is COc1cc2nccc(Oc3ccc(NC(=O)c4cn(CC(F)F)c(C)c(-c5ccc(F)cc5C)c4=O)cc3)c2nc1OC. The predicted molar refractivity (Wildman–Crippen MR) is 159 cm³/mol. The molecule has 0 fully saturated rings. The summed E-state index contributed by atoms with van der Waals surface area (Å²) in [4.78, 5) is 35.6. The number of aromatic nitrogens is 3. The van der Waals surface area contributed by atoms with Crippen LogP contribution in [-0.4, -0.2) is 41.1 Å². The maximum Gasteiger partial charge on any atom is 0.261 e. The number of methoxy groups -OCH3 is 2. The average molecular weight is 605 g/mol. The van der Waals surface area contributed by atoms with Gasteiger partial charge >= 0.3 is 0 Å². The minimum absolute atomic E-state index is 0.0481. The molecule has 9 nitrogen and oxygen atoms in total. The van der Waals surface area contributed by atoms with Gasteiger partial charge in [0.2, 0.25) is 5.43 Å². The molecule has 0 aliphatic carbocycles. The number of hydrogen-bond acceptors (Lipinski definition) is 7. The fraction of sp³-hybridized carbons (Fsp3) is 0.188. The number of halogens is 3. The maximum atomic E-state index is 13.8. The molecule has 0 bridgehead atoms. The van der Waals surface area contributed by atoms with E-state index in [0.717, 1.165) is 10.8 Å². The number of nitrogens with one attached hydrogen (secondary N) is 1. The zero-order valence-electron chi connectivity index (χ0n) is 24.2. The van der Waals surface area contributed by atoms with E-state index in [9.17, 15) is 22.8 Å². The Morgan fingerprint density at radius 1 is 1.00 bits per heavy atom. The first-order valence-electron chi connectivity index (χ1n) is 13.3. The molecule has 3 heterocycles. The summed E-state index contributed by atoms with van der Waals surface area (Å²) < 4.78 is 58.4. The molecule has 44 heavy (non-hydrogen) atoms. The smallest absolute Gasteiger partial charge is 0.261 e. The van der Waals surface area contributed by atoms with Crippen LogP contribution in [0.4, 0.5) is 18.9 Å². The van der Waals surface area contributed by atoms with Crippen molar-refractivity contribution in [1.29, 1.82) is 0 Å². The van der Waals surface area contributed by atoms with Crippen LogP contribution in [0.2, 0.25) is 0 Å². The fourth-order valence-electron chi connectivity index (χ4n) is 4.80. The number of aryl methyl sites for hydroxylation is 1. The molecule has 1 amide bonds. The van der Waals surface area contributed by atoms with Gasteiger partial charge in [-0.25, -0.2) is 18.2 Å². The first-order chi connectivity index (χ1) is 21.1.